The highest BCUT2D eigenvalue weighted by Gasteiger charge is 1.95. The Bertz CT molecular complexity index is 159. The van der Waals surface area contributed by atoms with Crippen LogP contribution < -0.4 is 0 Å². The number of nitriles is 1. The topological polar surface area (TPSA) is 50.1 Å². The SMILES string of the molecule is CC(C)C#N.CCCCC(=O)OC. The van der Waals surface area contributed by atoms with E-state index in [0.29, 0.717) is 6.42 Å². The maximum atomic E-state index is 10.3. The van der Waals surface area contributed by atoms with Gasteiger partial charge in [0.15, 0.2) is 0 Å². The van der Waals surface area contributed by atoms with Crippen molar-refractivity contribution in [1.82, 2.24) is 0 Å². The summed E-state index contributed by atoms with van der Waals surface area (Å²) in [4.78, 5) is 10.3. The molecule has 0 aromatic heterocycles. The first kappa shape index (κ1) is 14.5. The monoisotopic (exact) mass is 185 g/mol. The number of hydrogen-bond donors (Lipinski definition) is 0. The smallest absolute Gasteiger partial charge is 0.305 e. The third-order valence-corrected chi connectivity index (χ3v) is 1.22. The molecular formula is C10H19NO2. The summed E-state index contributed by atoms with van der Waals surface area (Å²) in [7, 11) is 1.41. The summed E-state index contributed by atoms with van der Waals surface area (Å²) in [5, 5.41) is 7.89. The van der Waals surface area contributed by atoms with Gasteiger partial charge in [-0.2, -0.15) is 5.26 Å². The first-order valence-electron chi connectivity index (χ1n) is 4.54. The highest BCUT2D eigenvalue weighted by molar-refractivity contribution is 5.68. The van der Waals surface area contributed by atoms with Gasteiger partial charge in [0.05, 0.1) is 13.2 Å². The van der Waals surface area contributed by atoms with Crippen molar-refractivity contribution in [2.75, 3.05) is 7.11 Å². The van der Waals surface area contributed by atoms with Crippen LogP contribution in [0.2, 0.25) is 0 Å². The molecule has 76 valence electrons. The maximum Gasteiger partial charge on any atom is 0.305 e. The summed E-state index contributed by atoms with van der Waals surface area (Å²) < 4.78 is 4.41. The zero-order valence-electron chi connectivity index (χ0n) is 8.96. The van der Waals surface area contributed by atoms with Crippen molar-refractivity contribution in [2.45, 2.75) is 40.0 Å². The number of rotatable bonds is 3. The molecule has 0 aliphatic carbocycles. The second-order valence-electron chi connectivity index (χ2n) is 2.96. The summed E-state index contributed by atoms with van der Waals surface area (Å²) in [6.45, 7) is 5.77. The van der Waals surface area contributed by atoms with E-state index in [1.165, 1.54) is 7.11 Å². The van der Waals surface area contributed by atoms with E-state index in [-0.39, 0.29) is 11.9 Å². The van der Waals surface area contributed by atoms with Gasteiger partial charge in [-0.3, -0.25) is 4.79 Å². The fraction of sp³-hybridized carbons (Fsp3) is 0.800. The first-order chi connectivity index (χ1) is 6.08. The molecule has 0 amide bonds. The van der Waals surface area contributed by atoms with Crippen molar-refractivity contribution in [1.29, 1.82) is 5.26 Å². The van der Waals surface area contributed by atoms with Crippen LogP contribution >= 0.6 is 0 Å². The molecule has 0 fully saturated rings. The molecule has 0 rings (SSSR count). The van der Waals surface area contributed by atoms with E-state index >= 15 is 0 Å². The molecule has 0 aromatic carbocycles. The molecule has 3 nitrogen and oxygen atoms in total. The van der Waals surface area contributed by atoms with Crippen molar-refractivity contribution in [3.63, 3.8) is 0 Å². The van der Waals surface area contributed by atoms with Crippen molar-refractivity contribution in [3.8, 4) is 6.07 Å². The zero-order valence-corrected chi connectivity index (χ0v) is 8.96. The molecule has 0 heterocycles. The normalized spacial score (nSPS) is 8.31. The number of hydrogen-bond acceptors (Lipinski definition) is 3. The fourth-order valence-electron chi connectivity index (χ4n) is 0.423. The summed E-state index contributed by atoms with van der Waals surface area (Å²) in [6.07, 6.45) is 2.55. The predicted octanol–water partition coefficient (Wildman–Crippen LogP) is 2.52. The van der Waals surface area contributed by atoms with E-state index in [1.54, 1.807) is 0 Å². The summed E-state index contributed by atoms with van der Waals surface area (Å²) >= 11 is 0. The maximum absolute atomic E-state index is 10.3. The number of ether oxygens (including phenoxy) is 1. The second-order valence-corrected chi connectivity index (χ2v) is 2.96. The van der Waals surface area contributed by atoms with Gasteiger partial charge in [0, 0.05) is 12.3 Å². The van der Waals surface area contributed by atoms with E-state index in [0.717, 1.165) is 12.8 Å². The minimum absolute atomic E-state index is 0.105. The highest BCUT2D eigenvalue weighted by atomic mass is 16.5. The molecule has 0 saturated carbocycles. The van der Waals surface area contributed by atoms with Crippen molar-refractivity contribution < 1.29 is 9.53 Å². The molecule has 0 N–H and O–H groups in total. The van der Waals surface area contributed by atoms with Gasteiger partial charge in [0.1, 0.15) is 0 Å². The van der Waals surface area contributed by atoms with Crippen LogP contribution in [0.25, 0.3) is 0 Å². The quantitative estimate of drug-likeness (QED) is 0.635. The lowest BCUT2D eigenvalue weighted by molar-refractivity contribution is -0.140. The molecule has 3 heteroatoms. The lowest BCUT2D eigenvalue weighted by Crippen LogP contribution is -1.98. The van der Waals surface area contributed by atoms with Crippen LogP contribution in [0.3, 0.4) is 0 Å². The van der Waals surface area contributed by atoms with Crippen LogP contribution in [0.5, 0.6) is 0 Å². The Morgan fingerprint density at radius 2 is 2.00 bits per heavy atom. The lowest BCUT2D eigenvalue weighted by atomic mass is 10.3. The lowest BCUT2D eigenvalue weighted by Gasteiger charge is -1.93. The molecule has 13 heavy (non-hydrogen) atoms. The van der Waals surface area contributed by atoms with Crippen LogP contribution in [0.1, 0.15) is 40.0 Å². The molecule has 0 spiro atoms. The van der Waals surface area contributed by atoms with Crippen LogP contribution in [0.4, 0.5) is 0 Å². The standard InChI is InChI=1S/C6H12O2.C4H7N/c1-3-4-5-6(7)8-2;1-4(2)3-5/h3-5H2,1-2H3;4H,1-2H3. The van der Waals surface area contributed by atoms with E-state index in [2.05, 4.69) is 4.74 Å². The third kappa shape index (κ3) is 18.2. The predicted molar refractivity (Wildman–Crippen MR) is 52.0 cm³/mol. The zero-order chi connectivity index (χ0) is 10.7. The van der Waals surface area contributed by atoms with E-state index in [4.69, 9.17) is 5.26 Å². The average molecular weight is 185 g/mol. The Hall–Kier alpha value is -1.04. The number of carbonyl (C=O) groups excluding carboxylic acids is 1. The molecular weight excluding hydrogens is 166 g/mol. The van der Waals surface area contributed by atoms with Gasteiger partial charge in [-0.25, -0.2) is 0 Å². The van der Waals surface area contributed by atoms with Crippen molar-refractivity contribution in [2.24, 2.45) is 5.92 Å². The largest absolute Gasteiger partial charge is 0.469 e. The van der Waals surface area contributed by atoms with E-state index < -0.39 is 0 Å². The minimum Gasteiger partial charge on any atom is -0.469 e. The Balaban J connectivity index is 0. The van der Waals surface area contributed by atoms with Gasteiger partial charge >= 0.3 is 5.97 Å². The van der Waals surface area contributed by atoms with E-state index in [1.807, 2.05) is 26.8 Å². The molecule has 0 aromatic rings. The van der Waals surface area contributed by atoms with Gasteiger partial charge in [0.2, 0.25) is 0 Å². The summed E-state index contributed by atoms with van der Waals surface area (Å²) in [6, 6.07) is 2.03. The van der Waals surface area contributed by atoms with Crippen LogP contribution in [-0.4, -0.2) is 13.1 Å². The molecule has 0 bridgehead atoms. The Morgan fingerprint density at radius 1 is 1.54 bits per heavy atom. The van der Waals surface area contributed by atoms with Crippen molar-refractivity contribution >= 4 is 5.97 Å². The van der Waals surface area contributed by atoms with Crippen LogP contribution in [-0.2, 0) is 9.53 Å². The average Bonchev–Trinajstić information content (AvgIpc) is 2.15. The van der Waals surface area contributed by atoms with E-state index in [9.17, 15) is 4.79 Å². The molecule has 0 saturated heterocycles. The van der Waals surface area contributed by atoms with Gasteiger partial charge in [-0.1, -0.05) is 13.3 Å². The number of esters is 1. The molecule has 0 aliphatic heterocycles. The molecule has 0 unspecified atom stereocenters. The van der Waals surface area contributed by atoms with Crippen molar-refractivity contribution in [3.05, 3.63) is 0 Å². The first-order valence-corrected chi connectivity index (χ1v) is 4.54. The summed E-state index contributed by atoms with van der Waals surface area (Å²) in [5.74, 6) is 0.0850. The van der Waals surface area contributed by atoms with Gasteiger partial charge in [0.25, 0.3) is 0 Å². The Morgan fingerprint density at radius 3 is 2.23 bits per heavy atom. The number of nitrogens with zero attached hydrogens (tertiary/aromatic N) is 1. The summed E-state index contributed by atoms with van der Waals surface area (Å²) in [5.41, 5.74) is 0. The number of carbonyl (C=O) groups is 1. The van der Waals surface area contributed by atoms with Crippen LogP contribution in [0.15, 0.2) is 0 Å². The Kier molecular flexibility index (Phi) is 12.2. The second kappa shape index (κ2) is 11.0. The molecule has 0 atom stereocenters. The molecule has 0 radical (unpaired) electrons. The Labute approximate surface area is 80.7 Å². The van der Waals surface area contributed by atoms with Gasteiger partial charge < -0.3 is 4.74 Å². The third-order valence-electron chi connectivity index (χ3n) is 1.22. The molecule has 0 aliphatic rings. The van der Waals surface area contributed by atoms with Crippen LogP contribution in [0, 0.1) is 17.2 Å². The number of methoxy groups -OCH3 is 1. The van der Waals surface area contributed by atoms with Gasteiger partial charge in [-0.05, 0) is 20.3 Å². The fourth-order valence-corrected chi connectivity index (χ4v) is 0.423. The van der Waals surface area contributed by atoms with Gasteiger partial charge in [-0.15, -0.1) is 0 Å². The number of unbranched alkanes of at least 4 members (excludes halogenated alkanes) is 1. The minimum atomic E-state index is -0.105. The highest BCUT2D eigenvalue weighted by Crippen LogP contribution is 1.94.